The Morgan fingerprint density at radius 2 is 2.00 bits per heavy atom. The number of benzene rings is 1. The monoisotopic (exact) mass is 284 g/mol. The molecule has 0 saturated carbocycles. The second-order valence-electron chi connectivity index (χ2n) is 5.01. The number of hydrogen-bond acceptors (Lipinski definition) is 5. The molecule has 19 heavy (non-hydrogen) atoms. The molecule has 1 heterocycles. The molecule has 0 spiro atoms. The molecule has 2 rings (SSSR count). The van der Waals surface area contributed by atoms with Crippen LogP contribution in [0.3, 0.4) is 0 Å². The van der Waals surface area contributed by atoms with Crippen molar-refractivity contribution in [2.24, 2.45) is 11.7 Å². The molecule has 1 aliphatic rings. The number of nitrogens with zero attached hydrogens (tertiary/aromatic N) is 1. The van der Waals surface area contributed by atoms with Crippen molar-refractivity contribution in [3.63, 3.8) is 0 Å². The van der Waals surface area contributed by atoms with Gasteiger partial charge in [0.25, 0.3) is 10.1 Å². The molecule has 1 saturated heterocycles. The summed E-state index contributed by atoms with van der Waals surface area (Å²) in [5, 5.41) is 0. The summed E-state index contributed by atoms with van der Waals surface area (Å²) >= 11 is 0. The summed E-state index contributed by atoms with van der Waals surface area (Å²) in [4.78, 5) is 2.18. The molecule has 106 valence electrons. The molecule has 0 aliphatic carbocycles. The lowest BCUT2D eigenvalue weighted by Crippen LogP contribution is -2.30. The first kappa shape index (κ1) is 14.5. The van der Waals surface area contributed by atoms with Crippen LogP contribution in [0.25, 0.3) is 0 Å². The van der Waals surface area contributed by atoms with E-state index in [-0.39, 0.29) is 12.0 Å². The molecule has 0 amide bonds. The van der Waals surface area contributed by atoms with Crippen molar-refractivity contribution in [1.82, 2.24) is 4.90 Å². The lowest BCUT2D eigenvalue weighted by atomic mass is 10.1. The van der Waals surface area contributed by atoms with Crippen LogP contribution >= 0.6 is 0 Å². The van der Waals surface area contributed by atoms with Crippen LogP contribution in [0.1, 0.15) is 5.56 Å². The fraction of sp³-hybridized carbons (Fsp3) is 0.538. The lowest BCUT2D eigenvalue weighted by Gasteiger charge is -2.15. The lowest BCUT2D eigenvalue weighted by molar-refractivity contribution is 0.178. The molecule has 6 heteroatoms. The van der Waals surface area contributed by atoms with Gasteiger partial charge in [-0.2, -0.15) is 8.42 Å². The van der Waals surface area contributed by atoms with E-state index in [0.717, 1.165) is 19.3 Å². The van der Waals surface area contributed by atoms with Crippen LogP contribution in [0.5, 0.6) is 0 Å². The van der Waals surface area contributed by atoms with Gasteiger partial charge in [0.05, 0.1) is 12.4 Å². The minimum Gasteiger partial charge on any atom is -0.330 e. The normalized spacial score (nSPS) is 24.7. The van der Waals surface area contributed by atoms with Gasteiger partial charge in [-0.3, -0.25) is 9.08 Å². The molecule has 5 nitrogen and oxygen atoms in total. The third kappa shape index (κ3) is 4.28. The Morgan fingerprint density at radius 3 is 2.58 bits per heavy atom. The van der Waals surface area contributed by atoms with Gasteiger partial charge in [-0.15, -0.1) is 0 Å². The quantitative estimate of drug-likeness (QED) is 0.793. The van der Waals surface area contributed by atoms with Gasteiger partial charge < -0.3 is 5.73 Å². The molecular formula is C13H20N2O3S. The number of nitrogens with two attached hydrogens (primary N) is 1. The largest absolute Gasteiger partial charge is 0.330 e. The Labute approximate surface area is 114 Å². The Hall–Kier alpha value is -0.950. The highest BCUT2D eigenvalue weighted by molar-refractivity contribution is 7.86. The number of rotatable bonds is 5. The van der Waals surface area contributed by atoms with E-state index in [9.17, 15) is 8.42 Å². The predicted octanol–water partition coefficient (Wildman–Crippen LogP) is 0.422. The van der Waals surface area contributed by atoms with Crippen LogP contribution in [-0.4, -0.2) is 45.3 Å². The Bertz CT molecular complexity index is 504. The summed E-state index contributed by atoms with van der Waals surface area (Å²) in [5.74, 6) is 0.0680. The molecule has 1 fully saturated rings. The summed E-state index contributed by atoms with van der Waals surface area (Å²) in [6.07, 6.45) is 0.754. The molecular weight excluding hydrogens is 264 g/mol. The first-order chi connectivity index (χ1) is 8.98. The van der Waals surface area contributed by atoms with Gasteiger partial charge in [0.15, 0.2) is 0 Å². The highest BCUT2D eigenvalue weighted by atomic mass is 32.2. The first-order valence-electron chi connectivity index (χ1n) is 6.32. The van der Waals surface area contributed by atoms with Crippen molar-refractivity contribution in [3.05, 3.63) is 35.9 Å². The Balaban J connectivity index is 1.99. The van der Waals surface area contributed by atoms with Crippen molar-refractivity contribution in [1.29, 1.82) is 0 Å². The Morgan fingerprint density at radius 1 is 1.32 bits per heavy atom. The standard InChI is InChI=1S/C13H20N2O3S/c1-19(16,17)18-13-10-15(9-12(13)7-14)8-11-5-3-2-4-6-11/h2-6,12-13H,7-10,14H2,1H3/t12-,13?/m1/s1. The van der Waals surface area contributed by atoms with Gasteiger partial charge in [0.1, 0.15) is 0 Å². The summed E-state index contributed by atoms with van der Waals surface area (Å²) < 4.78 is 27.6. The zero-order valence-electron chi connectivity index (χ0n) is 11.0. The average molecular weight is 284 g/mol. The highest BCUT2D eigenvalue weighted by Gasteiger charge is 2.34. The third-order valence-corrected chi connectivity index (χ3v) is 3.90. The fourth-order valence-corrected chi connectivity index (χ4v) is 3.12. The molecule has 0 aromatic heterocycles. The molecule has 1 aliphatic heterocycles. The van der Waals surface area contributed by atoms with Gasteiger partial charge in [0.2, 0.25) is 0 Å². The average Bonchev–Trinajstić information content (AvgIpc) is 2.70. The van der Waals surface area contributed by atoms with Gasteiger partial charge in [-0.1, -0.05) is 30.3 Å². The van der Waals surface area contributed by atoms with Gasteiger partial charge in [-0.05, 0) is 12.1 Å². The third-order valence-electron chi connectivity index (χ3n) is 3.31. The zero-order chi connectivity index (χ0) is 13.9. The van der Waals surface area contributed by atoms with Crippen LogP contribution in [0.4, 0.5) is 0 Å². The SMILES string of the molecule is CS(=O)(=O)OC1CN(Cc2ccccc2)C[C@H]1CN. The highest BCUT2D eigenvalue weighted by Crippen LogP contribution is 2.22. The van der Waals surface area contributed by atoms with Crippen molar-refractivity contribution in [3.8, 4) is 0 Å². The number of hydrogen-bond donors (Lipinski definition) is 1. The molecule has 0 bridgehead atoms. The van der Waals surface area contributed by atoms with Crippen molar-refractivity contribution < 1.29 is 12.6 Å². The van der Waals surface area contributed by atoms with Crippen molar-refractivity contribution >= 4 is 10.1 Å². The summed E-state index contributed by atoms with van der Waals surface area (Å²) in [5.41, 5.74) is 6.90. The van der Waals surface area contributed by atoms with E-state index in [0.29, 0.717) is 13.1 Å². The minimum atomic E-state index is -3.43. The molecule has 1 aromatic carbocycles. The maximum atomic E-state index is 11.2. The predicted molar refractivity (Wildman–Crippen MR) is 74.0 cm³/mol. The van der Waals surface area contributed by atoms with Crippen LogP contribution in [0.2, 0.25) is 0 Å². The summed E-state index contributed by atoms with van der Waals surface area (Å²) in [7, 11) is -3.43. The van der Waals surface area contributed by atoms with Crippen LogP contribution in [0.15, 0.2) is 30.3 Å². The number of likely N-dealkylation sites (tertiary alicyclic amines) is 1. The van der Waals surface area contributed by atoms with E-state index in [1.165, 1.54) is 5.56 Å². The van der Waals surface area contributed by atoms with Gasteiger partial charge in [0, 0.05) is 25.6 Å². The van der Waals surface area contributed by atoms with Crippen LogP contribution in [-0.2, 0) is 20.8 Å². The van der Waals surface area contributed by atoms with Crippen LogP contribution in [0, 0.1) is 5.92 Å². The first-order valence-corrected chi connectivity index (χ1v) is 8.14. The molecule has 2 N–H and O–H groups in total. The summed E-state index contributed by atoms with van der Waals surface area (Å²) in [6.45, 7) is 2.60. The van der Waals surface area contributed by atoms with Gasteiger partial charge >= 0.3 is 0 Å². The molecule has 2 atom stereocenters. The second-order valence-corrected chi connectivity index (χ2v) is 6.61. The van der Waals surface area contributed by atoms with E-state index >= 15 is 0 Å². The second kappa shape index (κ2) is 6.00. The van der Waals surface area contributed by atoms with Crippen molar-refractivity contribution in [2.75, 3.05) is 25.9 Å². The maximum Gasteiger partial charge on any atom is 0.264 e. The van der Waals surface area contributed by atoms with E-state index in [4.69, 9.17) is 9.92 Å². The maximum absolute atomic E-state index is 11.2. The van der Waals surface area contributed by atoms with Crippen LogP contribution < -0.4 is 5.73 Å². The minimum absolute atomic E-state index is 0.0680. The summed E-state index contributed by atoms with van der Waals surface area (Å²) in [6, 6.07) is 10.1. The molecule has 1 unspecified atom stereocenters. The Kier molecular flexibility index (Phi) is 4.57. The van der Waals surface area contributed by atoms with E-state index in [1.807, 2.05) is 18.2 Å². The topological polar surface area (TPSA) is 72.6 Å². The molecule has 1 aromatic rings. The van der Waals surface area contributed by atoms with E-state index < -0.39 is 10.1 Å². The molecule has 0 radical (unpaired) electrons. The zero-order valence-corrected chi connectivity index (χ0v) is 11.8. The smallest absolute Gasteiger partial charge is 0.264 e. The fourth-order valence-electron chi connectivity index (χ4n) is 2.46. The van der Waals surface area contributed by atoms with Gasteiger partial charge in [-0.25, -0.2) is 0 Å². The van der Waals surface area contributed by atoms with E-state index in [2.05, 4.69) is 17.0 Å². The van der Waals surface area contributed by atoms with Crippen molar-refractivity contribution in [2.45, 2.75) is 12.6 Å². The van der Waals surface area contributed by atoms with E-state index in [1.54, 1.807) is 0 Å².